The van der Waals surface area contributed by atoms with Gasteiger partial charge in [0.05, 0.1) is 11.0 Å². The Labute approximate surface area is 106 Å². The normalized spacial score (nSPS) is 23.7. The Morgan fingerprint density at radius 1 is 1.39 bits per heavy atom. The molecule has 0 heterocycles. The predicted molar refractivity (Wildman–Crippen MR) is 67.1 cm³/mol. The quantitative estimate of drug-likeness (QED) is 0.797. The summed E-state index contributed by atoms with van der Waals surface area (Å²) in [6.45, 7) is 3.52. The highest BCUT2D eigenvalue weighted by Gasteiger charge is 2.43. The molecule has 5 nitrogen and oxygen atoms in total. The van der Waals surface area contributed by atoms with Crippen LogP contribution < -0.4 is 0 Å². The van der Waals surface area contributed by atoms with Crippen LogP contribution in [-0.2, 0) is 9.59 Å². The summed E-state index contributed by atoms with van der Waals surface area (Å²) < 4.78 is 0. The van der Waals surface area contributed by atoms with Gasteiger partial charge in [0.25, 0.3) is 0 Å². The minimum absolute atomic E-state index is 0.0318. The van der Waals surface area contributed by atoms with Gasteiger partial charge in [0.1, 0.15) is 0 Å². The third kappa shape index (κ3) is 2.12. The average Bonchev–Trinajstić information content (AvgIpc) is 2.27. The monoisotopic (exact) mass is 253 g/mol. The number of nitrogens with zero attached hydrogens (tertiary/aromatic N) is 1. The summed E-state index contributed by atoms with van der Waals surface area (Å²) in [6, 6.07) is 0. The molecule has 100 valence electrons. The first-order chi connectivity index (χ1) is 8.26. The lowest BCUT2D eigenvalue weighted by Gasteiger charge is -2.35. The molecular formula is C13H19NO4. The summed E-state index contributed by atoms with van der Waals surface area (Å²) in [5, 5.41) is 18.7. The van der Waals surface area contributed by atoms with Gasteiger partial charge in [0.2, 0.25) is 0 Å². The molecule has 0 spiro atoms. The lowest BCUT2D eigenvalue weighted by Crippen LogP contribution is -2.37. The number of hydrogen-bond donors (Lipinski definition) is 2. The molecule has 18 heavy (non-hydrogen) atoms. The standard InChI is InChI=1S/C13H19NO4/c1-5-13(12(17)18)7-9(11(15)16)10(14(3)4)6-8(13)2/h6H,5,7H2,1-4H3,(H,15,16)(H,17,18). The molecule has 0 bridgehead atoms. The van der Waals surface area contributed by atoms with Gasteiger partial charge in [-0.1, -0.05) is 12.5 Å². The summed E-state index contributed by atoms with van der Waals surface area (Å²) in [5.74, 6) is -2.02. The maximum atomic E-state index is 11.5. The van der Waals surface area contributed by atoms with Gasteiger partial charge in [-0.05, 0) is 19.4 Å². The van der Waals surface area contributed by atoms with Crippen molar-refractivity contribution in [1.82, 2.24) is 4.90 Å². The molecule has 2 N–H and O–H groups in total. The highest BCUT2D eigenvalue weighted by atomic mass is 16.4. The molecule has 0 fully saturated rings. The Morgan fingerprint density at radius 3 is 2.28 bits per heavy atom. The van der Waals surface area contributed by atoms with Crippen molar-refractivity contribution in [2.45, 2.75) is 26.7 Å². The summed E-state index contributed by atoms with van der Waals surface area (Å²) in [5.41, 5.74) is 0.346. The van der Waals surface area contributed by atoms with E-state index in [1.165, 1.54) is 0 Å². The van der Waals surface area contributed by atoms with Crippen LogP contribution in [0.2, 0.25) is 0 Å². The van der Waals surface area contributed by atoms with E-state index in [-0.39, 0.29) is 12.0 Å². The molecule has 5 heteroatoms. The number of allylic oxidation sites excluding steroid dienone is 1. The van der Waals surface area contributed by atoms with Crippen LogP contribution in [0.1, 0.15) is 26.7 Å². The summed E-state index contributed by atoms with van der Waals surface area (Å²) >= 11 is 0. The minimum atomic E-state index is -1.09. The van der Waals surface area contributed by atoms with Crippen LogP contribution in [0.25, 0.3) is 0 Å². The minimum Gasteiger partial charge on any atom is -0.481 e. The SMILES string of the molecule is CCC1(C(=O)O)CC(C(=O)O)=C(N(C)C)C=C1C. The highest BCUT2D eigenvalue weighted by Crippen LogP contribution is 2.43. The molecule has 1 aliphatic rings. The Morgan fingerprint density at radius 2 is 1.94 bits per heavy atom. The molecule has 1 unspecified atom stereocenters. The summed E-state index contributed by atoms with van der Waals surface area (Å²) in [7, 11) is 3.50. The van der Waals surface area contributed by atoms with Crippen molar-refractivity contribution < 1.29 is 19.8 Å². The van der Waals surface area contributed by atoms with E-state index in [0.717, 1.165) is 0 Å². The largest absolute Gasteiger partial charge is 0.481 e. The van der Waals surface area contributed by atoms with Crippen LogP contribution in [-0.4, -0.2) is 41.1 Å². The van der Waals surface area contributed by atoms with E-state index in [9.17, 15) is 19.8 Å². The number of carbonyl (C=O) groups is 2. The van der Waals surface area contributed by atoms with Gasteiger partial charge in [0, 0.05) is 26.2 Å². The van der Waals surface area contributed by atoms with E-state index in [0.29, 0.717) is 17.7 Å². The average molecular weight is 253 g/mol. The lowest BCUT2D eigenvalue weighted by molar-refractivity contribution is -0.147. The van der Waals surface area contributed by atoms with Gasteiger partial charge in [-0.15, -0.1) is 0 Å². The highest BCUT2D eigenvalue weighted by molar-refractivity contribution is 5.91. The van der Waals surface area contributed by atoms with E-state index >= 15 is 0 Å². The van der Waals surface area contributed by atoms with Crippen LogP contribution in [0.3, 0.4) is 0 Å². The van der Waals surface area contributed by atoms with Crippen molar-refractivity contribution >= 4 is 11.9 Å². The van der Waals surface area contributed by atoms with Gasteiger partial charge < -0.3 is 15.1 Å². The van der Waals surface area contributed by atoms with Gasteiger partial charge in [-0.2, -0.15) is 0 Å². The van der Waals surface area contributed by atoms with Crippen molar-refractivity contribution in [2.24, 2.45) is 5.41 Å². The first kappa shape index (κ1) is 14.3. The van der Waals surface area contributed by atoms with Crippen LogP contribution in [0, 0.1) is 5.41 Å². The Hall–Kier alpha value is -1.78. The molecule has 1 atom stereocenters. The molecule has 0 aromatic carbocycles. The number of carboxylic acid groups (broad SMARTS) is 2. The fraction of sp³-hybridized carbons (Fsp3) is 0.538. The molecule has 0 amide bonds. The third-order valence-corrected chi connectivity index (χ3v) is 3.65. The lowest BCUT2D eigenvalue weighted by atomic mass is 9.70. The van der Waals surface area contributed by atoms with Crippen LogP contribution in [0.15, 0.2) is 22.9 Å². The molecule has 0 aromatic heterocycles. The van der Waals surface area contributed by atoms with Crippen molar-refractivity contribution in [3.63, 3.8) is 0 Å². The van der Waals surface area contributed by atoms with Crippen molar-refractivity contribution in [3.8, 4) is 0 Å². The first-order valence-electron chi connectivity index (χ1n) is 5.82. The first-order valence-corrected chi connectivity index (χ1v) is 5.82. The molecule has 0 radical (unpaired) electrons. The third-order valence-electron chi connectivity index (χ3n) is 3.65. The van der Waals surface area contributed by atoms with E-state index in [2.05, 4.69) is 0 Å². The second kappa shape index (κ2) is 4.84. The van der Waals surface area contributed by atoms with E-state index in [1.54, 1.807) is 38.9 Å². The molecule has 0 aliphatic heterocycles. The molecule has 1 aliphatic carbocycles. The zero-order valence-corrected chi connectivity index (χ0v) is 11.1. The zero-order chi connectivity index (χ0) is 14.1. The van der Waals surface area contributed by atoms with Gasteiger partial charge in [-0.25, -0.2) is 4.79 Å². The van der Waals surface area contributed by atoms with E-state index < -0.39 is 17.4 Å². The predicted octanol–water partition coefficient (Wildman–Crippen LogP) is 1.72. The van der Waals surface area contributed by atoms with Gasteiger partial charge in [0.15, 0.2) is 0 Å². The van der Waals surface area contributed by atoms with Gasteiger partial charge in [-0.3, -0.25) is 4.79 Å². The second-order valence-corrected chi connectivity index (χ2v) is 4.81. The maximum Gasteiger partial charge on any atom is 0.333 e. The summed E-state index contributed by atoms with van der Waals surface area (Å²) in [4.78, 5) is 24.5. The van der Waals surface area contributed by atoms with Crippen molar-refractivity contribution in [3.05, 3.63) is 22.9 Å². The van der Waals surface area contributed by atoms with Crippen LogP contribution >= 0.6 is 0 Å². The number of aliphatic carboxylic acids is 2. The second-order valence-electron chi connectivity index (χ2n) is 4.81. The molecule has 0 saturated carbocycles. The summed E-state index contributed by atoms with van der Waals surface area (Å²) in [6.07, 6.45) is 2.08. The molecular weight excluding hydrogens is 234 g/mol. The van der Waals surface area contributed by atoms with Crippen LogP contribution in [0.4, 0.5) is 0 Å². The number of hydrogen-bond acceptors (Lipinski definition) is 3. The smallest absolute Gasteiger partial charge is 0.333 e. The Bertz CT molecular complexity index is 448. The molecule has 0 aromatic rings. The van der Waals surface area contributed by atoms with E-state index in [4.69, 9.17) is 0 Å². The van der Waals surface area contributed by atoms with Crippen molar-refractivity contribution in [2.75, 3.05) is 14.1 Å². The Balaban J connectivity index is 3.39. The number of rotatable bonds is 4. The number of likely N-dealkylation sites (N-methyl/N-ethyl adjacent to an activating group) is 1. The van der Waals surface area contributed by atoms with E-state index in [1.807, 2.05) is 0 Å². The van der Waals surface area contributed by atoms with Crippen LogP contribution in [0.5, 0.6) is 0 Å². The fourth-order valence-corrected chi connectivity index (χ4v) is 2.35. The molecule has 1 rings (SSSR count). The molecule has 0 saturated heterocycles. The fourth-order valence-electron chi connectivity index (χ4n) is 2.35. The Kier molecular flexibility index (Phi) is 3.84. The topological polar surface area (TPSA) is 77.8 Å². The van der Waals surface area contributed by atoms with Crippen molar-refractivity contribution in [1.29, 1.82) is 0 Å². The maximum absolute atomic E-state index is 11.5. The zero-order valence-electron chi connectivity index (χ0n) is 11.1. The number of carboxylic acids is 2. The van der Waals surface area contributed by atoms with Gasteiger partial charge >= 0.3 is 11.9 Å².